The van der Waals surface area contributed by atoms with Crippen LogP contribution in [0.3, 0.4) is 0 Å². The third kappa shape index (κ3) is 4.51. The molecule has 0 unspecified atom stereocenters. The molecular weight excluding hydrogens is 314 g/mol. The monoisotopic (exact) mass is 335 g/mol. The third-order valence-corrected chi connectivity index (χ3v) is 3.68. The number of benzene rings is 1. The molecule has 1 aromatic carbocycles. The summed E-state index contributed by atoms with van der Waals surface area (Å²) in [6.45, 7) is 1.50. The summed E-state index contributed by atoms with van der Waals surface area (Å²) in [4.78, 5) is 24.5. The molecule has 0 fully saturated rings. The van der Waals surface area contributed by atoms with Crippen molar-refractivity contribution in [1.82, 2.24) is 19.9 Å². The number of aromatic nitrogens is 3. The third-order valence-electron chi connectivity index (χ3n) is 3.68. The Labute approximate surface area is 146 Å². The molecule has 0 radical (unpaired) electrons. The lowest BCUT2D eigenvalue weighted by Crippen LogP contribution is -2.14. The van der Waals surface area contributed by atoms with E-state index in [9.17, 15) is 4.79 Å². The second-order valence-corrected chi connectivity index (χ2v) is 6.05. The normalized spacial score (nSPS) is 11.5. The van der Waals surface area contributed by atoms with E-state index in [2.05, 4.69) is 63.5 Å². The highest BCUT2D eigenvalue weighted by Crippen LogP contribution is 2.15. The first kappa shape index (κ1) is 16.9. The lowest BCUT2D eigenvalue weighted by Gasteiger charge is -2.09. The number of hydrogen-bond donors (Lipinski definition) is 2. The van der Waals surface area contributed by atoms with Crippen LogP contribution in [0.25, 0.3) is 17.1 Å². The lowest BCUT2D eigenvalue weighted by atomic mass is 10.1. The highest BCUT2D eigenvalue weighted by Gasteiger charge is 2.03. The second kappa shape index (κ2) is 7.72. The Morgan fingerprint density at radius 2 is 2.00 bits per heavy atom. The zero-order valence-electron chi connectivity index (χ0n) is 14.4. The van der Waals surface area contributed by atoms with Gasteiger partial charge in [-0.15, -0.1) is 0 Å². The van der Waals surface area contributed by atoms with E-state index < -0.39 is 5.69 Å². The fraction of sp³-hybridized carbons (Fsp3) is 0.211. The molecule has 0 bridgehead atoms. The Morgan fingerprint density at radius 3 is 2.76 bits per heavy atom. The topological polar surface area (TPSA) is 73.9 Å². The molecule has 0 spiro atoms. The van der Waals surface area contributed by atoms with Gasteiger partial charge in [-0.2, -0.15) is 4.98 Å². The first-order chi connectivity index (χ1) is 12.1. The van der Waals surface area contributed by atoms with Crippen LogP contribution in [0, 0.1) is 0 Å². The number of anilines is 1. The van der Waals surface area contributed by atoms with Crippen LogP contribution in [0.15, 0.2) is 53.5 Å². The van der Waals surface area contributed by atoms with Gasteiger partial charge >= 0.3 is 5.69 Å². The Bertz CT molecular complexity index is 928. The molecule has 2 aromatic heterocycles. The second-order valence-electron chi connectivity index (χ2n) is 6.05. The number of fused-ring (bicyclic) bond motifs is 1. The van der Waals surface area contributed by atoms with Crippen molar-refractivity contribution in [1.29, 1.82) is 0 Å². The van der Waals surface area contributed by atoms with Crippen molar-refractivity contribution in [3.8, 4) is 0 Å². The number of rotatable bonds is 6. The Balaban J connectivity index is 1.65. The molecule has 25 heavy (non-hydrogen) atoms. The highest BCUT2D eigenvalue weighted by molar-refractivity contribution is 5.85. The Morgan fingerprint density at radius 1 is 1.20 bits per heavy atom. The molecule has 0 aliphatic carbocycles. The van der Waals surface area contributed by atoms with E-state index in [1.807, 2.05) is 24.3 Å². The van der Waals surface area contributed by atoms with Crippen molar-refractivity contribution < 1.29 is 0 Å². The predicted molar refractivity (Wildman–Crippen MR) is 102 cm³/mol. The summed E-state index contributed by atoms with van der Waals surface area (Å²) in [5.41, 5.74) is 2.54. The van der Waals surface area contributed by atoms with Gasteiger partial charge in [0.1, 0.15) is 11.5 Å². The van der Waals surface area contributed by atoms with Gasteiger partial charge in [0.2, 0.25) is 0 Å². The molecule has 0 aliphatic rings. The number of pyridine rings is 1. The van der Waals surface area contributed by atoms with E-state index >= 15 is 0 Å². The number of nitrogens with one attached hydrogen (secondary N) is 2. The van der Waals surface area contributed by atoms with E-state index in [4.69, 9.17) is 0 Å². The lowest BCUT2D eigenvalue weighted by molar-refractivity contribution is 0.402. The molecule has 6 heteroatoms. The summed E-state index contributed by atoms with van der Waals surface area (Å²) in [5, 5.41) is 3.97. The SMILES string of the molecule is CN(C)Cc1ccc(C=CCNc2nc(=O)[nH]c3ncccc23)cc1. The predicted octanol–water partition coefficient (Wildman–Crippen LogP) is 2.51. The Kier molecular flexibility index (Phi) is 5.20. The van der Waals surface area contributed by atoms with Crippen LogP contribution < -0.4 is 11.0 Å². The number of H-pyrrole nitrogens is 1. The van der Waals surface area contributed by atoms with E-state index in [0.717, 1.165) is 17.5 Å². The van der Waals surface area contributed by atoms with Crippen LogP contribution in [0.2, 0.25) is 0 Å². The summed E-state index contributed by atoms with van der Waals surface area (Å²) in [6, 6.07) is 12.1. The molecule has 0 saturated heterocycles. The maximum atomic E-state index is 11.6. The first-order valence-corrected chi connectivity index (χ1v) is 8.11. The molecule has 6 nitrogen and oxygen atoms in total. The van der Waals surface area contributed by atoms with Gasteiger partial charge in [-0.05, 0) is 37.4 Å². The van der Waals surface area contributed by atoms with Gasteiger partial charge in [-0.25, -0.2) is 9.78 Å². The number of aromatic amines is 1. The van der Waals surface area contributed by atoms with Crippen LogP contribution in [-0.4, -0.2) is 40.5 Å². The molecule has 0 amide bonds. The molecule has 0 saturated carbocycles. The number of hydrogen-bond acceptors (Lipinski definition) is 5. The van der Waals surface area contributed by atoms with Crippen molar-refractivity contribution in [2.75, 3.05) is 26.0 Å². The quantitative estimate of drug-likeness (QED) is 0.724. The Hall–Kier alpha value is -2.99. The molecule has 3 rings (SSSR count). The summed E-state index contributed by atoms with van der Waals surface area (Å²) >= 11 is 0. The molecule has 2 heterocycles. The van der Waals surface area contributed by atoms with Crippen molar-refractivity contribution in [3.05, 3.63) is 70.3 Å². The van der Waals surface area contributed by atoms with E-state index in [0.29, 0.717) is 18.0 Å². The fourth-order valence-electron chi connectivity index (χ4n) is 2.57. The largest absolute Gasteiger partial charge is 0.366 e. The van der Waals surface area contributed by atoms with Gasteiger partial charge in [0.15, 0.2) is 0 Å². The average molecular weight is 335 g/mol. The zero-order chi connectivity index (χ0) is 17.6. The standard InChI is InChI=1S/C19H21N5O/c1-24(2)13-15-9-7-14(8-10-15)5-3-11-20-17-16-6-4-12-21-18(16)23-19(25)22-17/h3-10,12H,11,13H2,1-2H3,(H2,20,21,22,23,25). The van der Waals surface area contributed by atoms with E-state index in [1.54, 1.807) is 6.20 Å². The van der Waals surface area contributed by atoms with Crippen molar-refractivity contribution in [3.63, 3.8) is 0 Å². The van der Waals surface area contributed by atoms with Crippen LogP contribution >= 0.6 is 0 Å². The average Bonchev–Trinajstić information content (AvgIpc) is 2.59. The van der Waals surface area contributed by atoms with Crippen LogP contribution in [0.4, 0.5) is 5.82 Å². The van der Waals surface area contributed by atoms with Gasteiger partial charge < -0.3 is 10.2 Å². The molecule has 3 aromatic rings. The summed E-state index contributed by atoms with van der Waals surface area (Å²) < 4.78 is 0. The highest BCUT2D eigenvalue weighted by atomic mass is 16.1. The molecule has 0 aliphatic heterocycles. The summed E-state index contributed by atoms with van der Waals surface area (Å²) in [7, 11) is 4.11. The minimum atomic E-state index is -0.408. The molecule has 0 atom stereocenters. The van der Waals surface area contributed by atoms with Crippen molar-refractivity contribution in [2.24, 2.45) is 0 Å². The molecule has 2 N–H and O–H groups in total. The summed E-state index contributed by atoms with van der Waals surface area (Å²) in [6.07, 6.45) is 5.69. The number of nitrogens with zero attached hydrogens (tertiary/aromatic N) is 3. The van der Waals surface area contributed by atoms with Crippen LogP contribution in [-0.2, 0) is 6.54 Å². The zero-order valence-corrected chi connectivity index (χ0v) is 14.4. The van der Waals surface area contributed by atoms with Gasteiger partial charge in [-0.3, -0.25) is 4.98 Å². The maximum absolute atomic E-state index is 11.6. The van der Waals surface area contributed by atoms with Gasteiger partial charge in [0.05, 0.1) is 5.39 Å². The minimum absolute atomic E-state index is 0.408. The molecular formula is C19H21N5O. The van der Waals surface area contributed by atoms with Gasteiger partial charge in [0.25, 0.3) is 0 Å². The molecule has 128 valence electrons. The maximum Gasteiger partial charge on any atom is 0.348 e. The van der Waals surface area contributed by atoms with E-state index in [-0.39, 0.29) is 0 Å². The van der Waals surface area contributed by atoms with Gasteiger partial charge in [0, 0.05) is 19.3 Å². The van der Waals surface area contributed by atoms with Crippen LogP contribution in [0.5, 0.6) is 0 Å². The fourth-order valence-corrected chi connectivity index (χ4v) is 2.57. The van der Waals surface area contributed by atoms with Crippen molar-refractivity contribution in [2.45, 2.75) is 6.54 Å². The smallest absolute Gasteiger partial charge is 0.348 e. The summed E-state index contributed by atoms with van der Waals surface area (Å²) in [5.74, 6) is 0.540. The van der Waals surface area contributed by atoms with E-state index in [1.165, 1.54) is 5.56 Å². The van der Waals surface area contributed by atoms with Crippen LogP contribution in [0.1, 0.15) is 11.1 Å². The van der Waals surface area contributed by atoms with Gasteiger partial charge in [-0.1, -0.05) is 36.4 Å². The van der Waals surface area contributed by atoms with Crippen molar-refractivity contribution >= 4 is 22.9 Å². The first-order valence-electron chi connectivity index (χ1n) is 8.11. The minimum Gasteiger partial charge on any atom is -0.366 e.